The van der Waals surface area contributed by atoms with Crippen LogP contribution < -0.4 is 4.74 Å². The van der Waals surface area contributed by atoms with Crippen molar-refractivity contribution < 1.29 is 18.7 Å². The Morgan fingerprint density at radius 2 is 1.79 bits per heavy atom. The Bertz CT molecular complexity index is 1130. The van der Waals surface area contributed by atoms with Crippen molar-refractivity contribution in [3.8, 4) is 17.3 Å². The molecule has 3 aromatic rings. The number of aryl methyl sites for hydroxylation is 1. The van der Waals surface area contributed by atoms with Crippen LogP contribution in [0.25, 0.3) is 11.6 Å². The van der Waals surface area contributed by atoms with E-state index in [0.29, 0.717) is 64.8 Å². The number of amides is 2. The Labute approximate surface area is 200 Å². The molecule has 1 saturated heterocycles. The molecule has 172 valence electrons. The zero-order valence-corrected chi connectivity index (χ0v) is 19.9. The standard InChI is InChI=1S/C23H23ClN4O4S/c1-15-20(22(33-2)26-21(25-15)18-4-3-13-31-18)23(30)28-11-9-27(10-12-28)19(29)14-32-17-7-5-16(24)6-8-17/h3-8,13H,9-12,14H2,1-2H3. The number of benzene rings is 1. The summed E-state index contributed by atoms with van der Waals surface area (Å²) < 4.78 is 10.9. The Morgan fingerprint density at radius 3 is 2.42 bits per heavy atom. The van der Waals surface area contributed by atoms with E-state index in [2.05, 4.69) is 9.97 Å². The van der Waals surface area contributed by atoms with Crippen molar-refractivity contribution in [3.05, 3.63) is 58.9 Å². The number of aromatic nitrogens is 2. The highest BCUT2D eigenvalue weighted by molar-refractivity contribution is 7.98. The predicted molar refractivity (Wildman–Crippen MR) is 126 cm³/mol. The minimum absolute atomic E-state index is 0.0621. The normalized spacial score (nSPS) is 13.8. The number of nitrogens with zero attached hydrogens (tertiary/aromatic N) is 4. The van der Waals surface area contributed by atoms with E-state index in [1.165, 1.54) is 11.8 Å². The summed E-state index contributed by atoms with van der Waals surface area (Å²) >= 11 is 7.26. The Morgan fingerprint density at radius 1 is 1.09 bits per heavy atom. The molecule has 0 bridgehead atoms. The fourth-order valence-corrected chi connectivity index (χ4v) is 4.28. The molecule has 0 N–H and O–H groups in total. The third kappa shape index (κ3) is 5.31. The smallest absolute Gasteiger partial charge is 0.260 e. The van der Waals surface area contributed by atoms with E-state index in [0.717, 1.165) is 0 Å². The van der Waals surface area contributed by atoms with Crippen LogP contribution in [0.15, 0.2) is 52.1 Å². The minimum Gasteiger partial charge on any atom is -0.484 e. The van der Waals surface area contributed by atoms with E-state index in [-0.39, 0.29) is 18.4 Å². The maximum absolute atomic E-state index is 13.3. The van der Waals surface area contributed by atoms with Crippen molar-refractivity contribution in [3.63, 3.8) is 0 Å². The molecule has 0 atom stereocenters. The van der Waals surface area contributed by atoms with Gasteiger partial charge in [0.15, 0.2) is 18.2 Å². The van der Waals surface area contributed by atoms with Gasteiger partial charge in [0.2, 0.25) is 0 Å². The minimum atomic E-state index is -0.132. The maximum Gasteiger partial charge on any atom is 0.260 e. The average Bonchev–Trinajstić information content (AvgIpc) is 3.38. The second-order valence-electron chi connectivity index (χ2n) is 7.41. The summed E-state index contributed by atoms with van der Waals surface area (Å²) in [6.45, 7) is 3.47. The molecule has 10 heteroatoms. The highest BCUT2D eigenvalue weighted by Gasteiger charge is 2.28. The monoisotopic (exact) mass is 486 g/mol. The quantitative estimate of drug-likeness (QED) is 0.387. The lowest BCUT2D eigenvalue weighted by atomic mass is 10.2. The molecule has 1 aliphatic rings. The average molecular weight is 487 g/mol. The van der Waals surface area contributed by atoms with Gasteiger partial charge in [0.25, 0.3) is 11.8 Å². The predicted octanol–water partition coefficient (Wildman–Crippen LogP) is 3.78. The first-order chi connectivity index (χ1) is 16.0. The van der Waals surface area contributed by atoms with Gasteiger partial charge in [0, 0.05) is 31.2 Å². The van der Waals surface area contributed by atoms with Crippen LogP contribution in [0.1, 0.15) is 16.1 Å². The molecule has 1 aromatic carbocycles. The third-order valence-electron chi connectivity index (χ3n) is 5.30. The lowest BCUT2D eigenvalue weighted by Crippen LogP contribution is -2.51. The molecule has 0 saturated carbocycles. The van der Waals surface area contributed by atoms with Gasteiger partial charge in [-0.05, 0) is 49.6 Å². The summed E-state index contributed by atoms with van der Waals surface area (Å²) in [7, 11) is 0. The fourth-order valence-electron chi connectivity index (χ4n) is 3.54. The molecule has 0 aliphatic carbocycles. The summed E-state index contributed by atoms with van der Waals surface area (Å²) in [5.41, 5.74) is 1.09. The van der Waals surface area contributed by atoms with Gasteiger partial charge in [-0.1, -0.05) is 11.6 Å². The van der Waals surface area contributed by atoms with Crippen LogP contribution in [-0.2, 0) is 4.79 Å². The number of hydrogen-bond donors (Lipinski definition) is 0. The van der Waals surface area contributed by atoms with Gasteiger partial charge in [-0.25, -0.2) is 9.97 Å². The second kappa shape index (κ2) is 10.3. The number of rotatable bonds is 6. The van der Waals surface area contributed by atoms with Crippen LogP contribution in [-0.4, -0.2) is 70.6 Å². The molecule has 8 nitrogen and oxygen atoms in total. The lowest BCUT2D eigenvalue weighted by Gasteiger charge is -2.35. The Balaban J connectivity index is 1.38. The van der Waals surface area contributed by atoms with Gasteiger partial charge in [-0.3, -0.25) is 9.59 Å². The highest BCUT2D eigenvalue weighted by Crippen LogP contribution is 2.26. The molecule has 1 aliphatic heterocycles. The molecule has 2 amide bonds. The van der Waals surface area contributed by atoms with Crippen molar-refractivity contribution >= 4 is 35.2 Å². The summed E-state index contributed by atoms with van der Waals surface area (Å²) in [6, 6.07) is 10.4. The van der Waals surface area contributed by atoms with Gasteiger partial charge >= 0.3 is 0 Å². The van der Waals surface area contributed by atoms with Crippen molar-refractivity contribution in [1.29, 1.82) is 0 Å². The number of piperazine rings is 1. The molecule has 1 fully saturated rings. The van der Waals surface area contributed by atoms with E-state index in [4.69, 9.17) is 20.8 Å². The molecule has 33 heavy (non-hydrogen) atoms. The number of ether oxygens (including phenoxy) is 1. The maximum atomic E-state index is 13.3. The molecule has 3 heterocycles. The largest absolute Gasteiger partial charge is 0.484 e. The van der Waals surface area contributed by atoms with Gasteiger partial charge in [0.1, 0.15) is 10.8 Å². The molecule has 0 spiro atoms. The van der Waals surface area contributed by atoms with Crippen LogP contribution >= 0.6 is 23.4 Å². The number of carbonyl (C=O) groups excluding carboxylic acids is 2. The Hall–Kier alpha value is -3.04. The zero-order chi connectivity index (χ0) is 23.4. The van der Waals surface area contributed by atoms with Gasteiger partial charge in [0.05, 0.1) is 17.5 Å². The van der Waals surface area contributed by atoms with Crippen LogP contribution in [0.3, 0.4) is 0 Å². The molecule has 0 radical (unpaired) electrons. The van der Waals surface area contributed by atoms with E-state index < -0.39 is 0 Å². The van der Waals surface area contributed by atoms with Crippen molar-refractivity contribution in [1.82, 2.24) is 19.8 Å². The number of carbonyl (C=O) groups is 2. The Kier molecular flexibility index (Phi) is 7.20. The van der Waals surface area contributed by atoms with Crippen molar-refractivity contribution in [2.24, 2.45) is 0 Å². The van der Waals surface area contributed by atoms with E-state index in [1.807, 2.05) is 6.26 Å². The van der Waals surface area contributed by atoms with Crippen LogP contribution in [0.4, 0.5) is 0 Å². The first-order valence-corrected chi connectivity index (χ1v) is 12.0. The number of halogens is 1. The summed E-state index contributed by atoms with van der Waals surface area (Å²) in [5, 5.41) is 1.21. The molecular formula is C23H23ClN4O4S. The fraction of sp³-hybridized carbons (Fsp3) is 0.304. The molecule has 2 aromatic heterocycles. The first-order valence-electron chi connectivity index (χ1n) is 10.4. The SMILES string of the molecule is CSc1nc(-c2ccco2)nc(C)c1C(=O)N1CCN(C(=O)COc2ccc(Cl)cc2)CC1. The first kappa shape index (κ1) is 23.1. The number of thioether (sulfide) groups is 1. The topological polar surface area (TPSA) is 88.8 Å². The van der Waals surface area contributed by atoms with E-state index in [1.54, 1.807) is 59.4 Å². The zero-order valence-electron chi connectivity index (χ0n) is 18.3. The van der Waals surface area contributed by atoms with Crippen molar-refractivity contribution in [2.75, 3.05) is 39.0 Å². The third-order valence-corrected chi connectivity index (χ3v) is 6.24. The lowest BCUT2D eigenvalue weighted by molar-refractivity contribution is -0.134. The van der Waals surface area contributed by atoms with Gasteiger partial charge < -0.3 is 19.0 Å². The number of furan rings is 1. The molecule has 4 rings (SSSR count). The van der Waals surface area contributed by atoms with Gasteiger partial charge in [-0.15, -0.1) is 11.8 Å². The molecule has 0 unspecified atom stereocenters. The summed E-state index contributed by atoms with van der Waals surface area (Å²) in [5.74, 6) is 1.34. The van der Waals surface area contributed by atoms with E-state index in [9.17, 15) is 9.59 Å². The van der Waals surface area contributed by atoms with Crippen molar-refractivity contribution in [2.45, 2.75) is 11.9 Å². The van der Waals surface area contributed by atoms with Crippen LogP contribution in [0, 0.1) is 6.92 Å². The van der Waals surface area contributed by atoms with E-state index >= 15 is 0 Å². The molecular weight excluding hydrogens is 464 g/mol. The van der Waals surface area contributed by atoms with Gasteiger partial charge in [-0.2, -0.15) is 0 Å². The second-order valence-corrected chi connectivity index (χ2v) is 8.64. The van der Waals surface area contributed by atoms with Crippen LogP contribution in [0.2, 0.25) is 5.02 Å². The number of hydrogen-bond acceptors (Lipinski definition) is 7. The summed E-state index contributed by atoms with van der Waals surface area (Å²) in [6.07, 6.45) is 3.44. The summed E-state index contributed by atoms with van der Waals surface area (Å²) in [4.78, 5) is 38.3. The van der Waals surface area contributed by atoms with Crippen LogP contribution in [0.5, 0.6) is 5.75 Å². The highest BCUT2D eigenvalue weighted by atomic mass is 35.5.